The number of benzene rings is 1. The molecular formula is C15H10N2S. The minimum atomic E-state index is 0.622. The first-order chi connectivity index (χ1) is 8.88. The third kappa shape index (κ3) is 1.83. The number of aromatic amines is 1. The zero-order valence-corrected chi connectivity index (χ0v) is 10.4. The number of H-pyrrole nitrogens is 1. The lowest BCUT2D eigenvalue weighted by molar-refractivity contribution is 1.33. The van der Waals surface area contributed by atoms with Gasteiger partial charge >= 0.3 is 0 Å². The molecule has 0 amide bonds. The molecule has 1 aromatic carbocycles. The van der Waals surface area contributed by atoms with Gasteiger partial charge in [-0.1, -0.05) is 36.4 Å². The summed E-state index contributed by atoms with van der Waals surface area (Å²) >= 11 is 1.64. The molecule has 0 spiro atoms. The topological polar surface area (TPSA) is 39.6 Å². The first-order valence-electron chi connectivity index (χ1n) is 5.61. The van der Waals surface area contributed by atoms with Gasteiger partial charge in [-0.05, 0) is 23.1 Å². The largest absolute Gasteiger partial charge is 0.346 e. The van der Waals surface area contributed by atoms with Crippen molar-refractivity contribution in [1.29, 1.82) is 5.26 Å². The quantitative estimate of drug-likeness (QED) is 0.724. The van der Waals surface area contributed by atoms with E-state index in [2.05, 4.69) is 11.1 Å². The van der Waals surface area contributed by atoms with Crippen LogP contribution >= 0.6 is 11.3 Å². The van der Waals surface area contributed by atoms with Crippen molar-refractivity contribution < 1.29 is 0 Å². The van der Waals surface area contributed by atoms with Crippen LogP contribution in [0.5, 0.6) is 0 Å². The van der Waals surface area contributed by atoms with E-state index in [9.17, 15) is 5.26 Å². The maximum Gasteiger partial charge on any atom is 0.126 e. The van der Waals surface area contributed by atoms with Gasteiger partial charge in [0.2, 0.25) is 0 Å². The van der Waals surface area contributed by atoms with Gasteiger partial charge in [-0.25, -0.2) is 0 Å². The summed E-state index contributed by atoms with van der Waals surface area (Å²) in [7, 11) is 0. The number of hydrogen-bond donors (Lipinski definition) is 1. The van der Waals surface area contributed by atoms with Gasteiger partial charge < -0.3 is 4.98 Å². The monoisotopic (exact) mass is 250 g/mol. The Hall–Kier alpha value is -2.31. The molecular weight excluding hydrogens is 240 g/mol. The van der Waals surface area contributed by atoms with Crippen molar-refractivity contribution in [3.63, 3.8) is 0 Å². The predicted molar refractivity (Wildman–Crippen MR) is 74.3 cm³/mol. The van der Waals surface area contributed by atoms with Crippen LogP contribution in [0.15, 0.2) is 53.9 Å². The van der Waals surface area contributed by atoms with Gasteiger partial charge in [0.15, 0.2) is 0 Å². The highest BCUT2D eigenvalue weighted by atomic mass is 32.1. The molecule has 0 fully saturated rings. The van der Waals surface area contributed by atoms with Gasteiger partial charge in [0, 0.05) is 16.1 Å². The fourth-order valence-corrected chi connectivity index (χ4v) is 2.69. The standard InChI is InChI=1S/C15H10N2S/c16-10-14-12(15-7-4-8-18-15)9-13(17-14)11-5-2-1-3-6-11/h1-9,17H. The van der Waals surface area contributed by atoms with Crippen LogP contribution in [0, 0.1) is 11.3 Å². The van der Waals surface area contributed by atoms with Crippen molar-refractivity contribution >= 4 is 11.3 Å². The van der Waals surface area contributed by atoms with Crippen LogP contribution in [0.1, 0.15) is 5.69 Å². The van der Waals surface area contributed by atoms with Crippen LogP contribution in [0.4, 0.5) is 0 Å². The Morgan fingerprint density at radius 1 is 1.06 bits per heavy atom. The average molecular weight is 250 g/mol. The Labute approximate surface area is 109 Å². The van der Waals surface area contributed by atoms with E-state index < -0.39 is 0 Å². The van der Waals surface area contributed by atoms with E-state index in [1.807, 2.05) is 53.9 Å². The van der Waals surface area contributed by atoms with E-state index in [1.165, 1.54) is 0 Å². The lowest BCUT2D eigenvalue weighted by atomic mass is 10.1. The van der Waals surface area contributed by atoms with E-state index in [4.69, 9.17) is 0 Å². The SMILES string of the molecule is N#Cc1[nH]c(-c2ccccc2)cc1-c1cccs1. The molecule has 0 aliphatic carbocycles. The molecule has 0 saturated heterocycles. The number of nitrogens with zero attached hydrogens (tertiary/aromatic N) is 1. The molecule has 0 saturated carbocycles. The third-order valence-electron chi connectivity index (χ3n) is 2.80. The average Bonchev–Trinajstić information content (AvgIpc) is 3.08. The molecule has 0 aliphatic rings. The number of nitrogens with one attached hydrogen (secondary N) is 1. The Kier molecular flexibility index (Phi) is 2.71. The van der Waals surface area contributed by atoms with E-state index in [-0.39, 0.29) is 0 Å². The maximum atomic E-state index is 9.20. The minimum absolute atomic E-state index is 0.622. The highest BCUT2D eigenvalue weighted by molar-refractivity contribution is 7.13. The molecule has 1 N–H and O–H groups in total. The van der Waals surface area contributed by atoms with E-state index in [0.717, 1.165) is 21.7 Å². The highest BCUT2D eigenvalue weighted by Crippen LogP contribution is 2.31. The normalized spacial score (nSPS) is 10.2. The number of thiophene rings is 1. The first kappa shape index (κ1) is 10.8. The van der Waals surface area contributed by atoms with Gasteiger partial charge in [-0.2, -0.15) is 5.26 Å². The number of rotatable bonds is 2. The predicted octanol–water partition coefficient (Wildman–Crippen LogP) is 4.28. The van der Waals surface area contributed by atoms with Gasteiger partial charge in [-0.3, -0.25) is 0 Å². The molecule has 0 bridgehead atoms. The zero-order valence-electron chi connectivity index (χ0n) is 9.55. The van der Waals surface area contributed by atoms with E-state index in [0.29, 0.717) is 5.69 Å². The summed E-state index contributed by atoms with van der Waals surface area (Å²) in [6, 6.07) is 18.3. The number of nitriles is 1. The summed E-state index contributed by atoms with van der Waals surface area (Å²) < 4.78 is 0. The Morgan fingerprint density at radius 3 is 2.56 bits per heavy atom. The number of aromatic nitrogens is 1. The zero-order chi connectivity index (χ0) is 12.4. The van der Waals surface area contributed by atoms with Crippen LogP contribution < -0.4 is 0 Å². The molecule has 0 aliphatic heterocycles. The molecule has 18 heavy (non-hydrogen) atoms. The van der Waals surface area contributed by atoms with E-state index >= 15 is 0 Å². The second-order valence-electron chi connectivity index (χ2n) is 3.93. The molecule has 0 atom stereocenters. The van der Waals surface area contributed by atoms with Crippen molar-refractivity contribution in [2.75, 3.05) is 0 Å². The van der Waals surface area contributed by atoms with Gasteiger partial charge in [0.25, 0.3) is 0 Å². The summed E-state index contributed by atoms with van der Waals surface area (Å²) in [6.45, 7) is 0. The minimum Gasteiger partial charge on any atom is -0.346 e. The molecule has 3 aromatic rings. The Balaban J connectivity index is 2.13. The summed E-state index contributed by atoms with van der Waals surface area (Å²) in [5, 5.41) is 11.2. The van der Waals surface area contributed by atoms with Gasteiger partial charge in [-0.15, -0.1) is 11.3 Å². The summed E-state index contributed by atoms with van der Waals surface area (Å²) in [4.78, 5) is 4.30. The Bertz CT molecular complexity index is 688. The second kappa shape index (κ2) is 4.52. The van der Waals surface area contributed by atoms with Crippen LogP contribution in [-0.2, 0) is 0 Å². The summed E-state index contributed by atoms with van der Waals surface area (Å²) in [6.07, 6.45) is 0. The van der Waals surface area contributed by atoms with Crippen LogP contribution in [0.25, 0.3) is 21.7 Å². The third-order valence-corrected chi connectivity index (χ3v) is 3.70. The molecule has 0 unspecified atom stereocenters. The molecule has 0 radical (unpaired) electrons. The Morgan fingerprint density at radius 2 is 1.89 bits per heavy atom. The van der Waals surface area contributed by atoms with Crippen molar-refractivity contribution in [1.82, 2.24) is 4.98 Å². The van der Waals surface area contributed by atoms with Gasteiger partial charge in [0.05, 0.1) is 0 Å². The lowest BCUT2D eigenvalue weighted by Crippen LogP contribution is -1.78. The second-order valence-corrected chi connectivity index (χ2v) is 4.87. The van der Waals surface area contributed by atoms with Crippen molar-refractivity contribution in [2.45, 2.75) is 0 Å². The molecule has 2 aromatic heterocycles. The molecule has 86 valence electrons. The van der Waals surface area contributed by atoms with Crippen molar-refractivity contribution in [2.24, 2.45) is 0 Å². The molecule has 3 heteroatoms. The van der Waals surface area contributed by atoms with Crippen LogP contribution in [0.2, 0.25) is 0 Å². The van der Waals surface area contributed by atoms with Crippen molar-refractivity contribution in [3.8, 4) is 27.8 Å². The summed E-state index contributed by atoms with van der Waals surface area (Å²) in [5.41, 5.74) is 3.68. The fourth-order valence-electron chi connectivity index (χ4n) is 1.94. The smallest absolute Gasteiger partial charge is 0.126 e. The van der Waals surface area contributed by atoms with E-state index in [1.54, 1.807) is 11.3 Å². The maximum absolute atomic E-state index is 9.20. The van der Waals surface area contributed by atoms with Crippen LogP contribution in [-0.4, -0.2) is 4.98 Å². The van der Waals surface area contributed by atoms with Crippen molar-refractivity contribution in [3.05, 3.63) is 59.6 Å². The first-order valence-corrected chi connectivity index (χ1v) is 6.49. The summed E-state index contributed by atoms with van der Waals surface area (Å²) in [5.74, 6) is 0. The molecule has 3 rings (SSSR count). The number of hydrogen-bond acceptors (Lipinski definition) is 2. The lowest BCUT2D eigenvalue weighted by Gasteiger charge is -1.95. The fraction of sp³-hybridized carbons (Fsp3) is 0. The highest BCUT2D eigenvalue weighted by Gasteiger charge is 2.11. The molecule has 2 nitrogen and oxygen atoms in total. The van der Waals surface area contributed by atoms with Gasteiger partial charge in [0.1, 0.15) is 11.8 Å². The van der Waals surface area contributed by atoms with Crippen LogP contribution in [0.3, 0.4) is 0 Å². The molecule has 2 heterocycles.